The summed E-state index contributed by atoms with van der Waals surface area (Å²) in [6, 6.07) is 6.98. The van der Waals surface area contributed by atoms with E-state index >= 15 is 0 Å². The predicted octanol–water partition coefficient (Wildman–Crippen LogP) is 3.12. The molecule has 0 aromatic heterocycles. The molecular weight excluding hydrogens is 171 g/mol. The Labute approximate surface area is 77.2 Å². The van der Waals surface area contributed by atoms with E-state index in [2.05, 4.69) is 6.92 Å². The maximum Gasteiger partial charge on any atom is 0.126 e. The lowest BCUT2D eigenvalue weighted by molar-refractivity contribution is 0.612. The van der Waals surface area contributed by atoms with E-state index in [0.29, 0.717) is 0 Å². The van der Waals surface area contributed by atoms with Crippen molar-refractivity contribution in [3.63, 3.8) is 0 Å². The molecule has 0 amide bonds. The van der Waals surface area contributed by atoms with Crippen molar-refractivity contribution in [3.05, 3.63) is 35.6 Å². The molecule has 12 heavy (non-hydrogen) atoms. The van der Waals surface area contributed by atoms with E-state index in [-0.39, 0.29) is 5.82 Å². The molecule has 0 saturated carbocycles. The van der Waals surface area contributed by atoms with E-state index in [1.165, 1.54) is 6.07 Å². The summed E-state index contributed by atoms with van der Waals surface area (Å²) in [6.45, 7) is 2.12. The highest BCUT2D eigenvalue weighted by molar-refractivity contribution is 7.99. The topological polar surface area (TPSA) is 0 Å². The van der Waals surface area contributed by atoms with Crippen LogP contribution < -0.4 is 0 Å². The molecule has 0 aliphatic heterocycles. The fourth-order valence-corrected chi connectivity index (χ4v) is 1.68. The quantitative estimate of drug-likeness (QED) is 0.648. The zero-order valence-corrected chi connectivity index (χ0v) is 8.03. The molecular formula is C10H13FS. The number of hydrogen-bond donors (Lipinski definition) is 0. The van der Waals surface area contributed by atoms with Gasteiger partial charge in [-0.3, -0.25) is 0 Å². The predicted molar refractivity (Wildman–Crippen MR) is 53.1 cm³/mol. The molecule has 66 valence electrons. The molecule has 1 rings (SSSR count). The van der Waals surface area contributed by atoms with Gasteiger partial charge in [0.15, 0.2) is 0 Å². The molecule has 0 nitrogen and oxygen atoms in total. The lowest BCUT2D eigenvalue weighted by atomic mass is 10.2. The number of benzene rings is 1. The van der Waals surface area contributed by atoms with Gasteiger partial charge in [-0.25, -0.2) is 4.39 Å². The Morgan fingerprint density at radius 3 is 2.75 bits per heavy atom. The maximum absolute atomic E-state index is 13.0. The molecule has 0 heterocycles. The fourth-order valence-electron chi connectivity index (χ4n) is 1.03. The Morgan fingerprint density at radius 2 is 2.08 bits per heavy atom. The molecule has 0 spiro atoms. The molecule has 0 fully saturated rings. The lowest BCUT2D eigenvalue weighted by Crippen LogP contribution is -1.92. The molecule has 0 unspecified atom stereocenters. The van der Waals surface area contributed by atoms with Gasteiger partial charge in [-0.05, 0) is 29.6 Å². The minimum Gasteiger partial charge on any atom is -0.207 e. The zero-order valence-electron chi connectivity index (χ0n) is 7.22. The van der Waals surface area contributed by atoms with Gasteiger partial charge in [0.05, 0.1) is 0 Å². The van der Waals surface area contributed by atoms with Gasteiger partial charge in [-0.2, -0.15) is 11.8 Å². The van der Waals surface area contributed by atoms with Crippen molar-refractivity contribution in [3.8, 4) is 0 Å². The van der Waals surface area contributed by atoms with Crippen LogP contribution in [-0.4, -0.2) is 11.5 Å². The average molecular weight is 184 g/mol. The van der Waals surface area contributed by atoms with Gasteiger partial charge in [0, 0.05) is 0 Å². The summed E-state index contributed by atoms with van der Waals surface area (Å²) in [6.07, 6.45) is 0.838. The van der Waals surface area contributed by atoms with Crippen LogP contribution in [0.15, 0.2) is 24.3 Å². The summed E-state index contributed by atoms with van der Waals surface area (Å²) in [5.41, 5.74) is 0.832. The van der Waals surface area contributed by atoms with Crippen LogP contribution in [0.5, 0.6) is 0 Å². The first kappa shape index (κ1) is 9.59. The smallest absolute Gasteiger partial charge is 0.126 e. The van der Waals surface area contributed by atoms with Crippen molar-refractivity contribution in [1.82, 2.24) is 0 Å². The Bertz CT molecular complexity index is 235. The van der Waals surface area contributed by atoms with Crippen molar-refractivity contribution in [1.29, 1.82) is 0 Å². The summed E-state index contributed by atoms with van der Waals surface area (Å²) in [5, 5.41) is 0. The van der Waals surface area contributed by atoms with Gasteiger partial charge in [0.25, 0.3) is 0 Å². The maximum atomic E-state index is 13.0. The van der Waals surface area contributed by atoms with Crippen LogP contribution in [0.3, 0.4) is 0 Å². The van der Waals surface area contributed by atoms with Crippen molar-refractivity contribution in [2.24, 2.45) is 0 Å². The third kappa shape index (κ3) is 2.86. The first-order chi connectivity index (χ1) is 5.84. The summed E-state index contributed by atoms with van der Waals surface area (Å²) in [5.74, 6) is 2.04. The summed E-state index contributed by atoms with van der Waals surface area (Å²) < 4.78 is 13.0. The number of hydrogen-bond acceptors (Lipinski definition) is 1. The van der Waals surface area contributed by atoms with Crippen LogP contribution in [0, 0.1) is 5.82 Å². The normalized spacial score (nSPS) is 10.2. The molecule has 1 aromatic carbocycles. The van der Waals surface area contributed by atoms with Gasteiger partial charge in [0.1, 0.15) is 5.82 Å². The van der Waals surface area contributed by atoms with E-state index in [1.807, 2.05) is 23.9 Å². The zero-order chi connectivity index (χ0) is 8.81. The Morgan fingerprint density at radius 1 is 1.33 bits per heavy atom. The minimum absolute atomic E-state index is 0.0748. The highest BCUT2D eigenvalue weighted by Crippen LogP contribution is 2.10. The van der Waals surface area contributed by atoms with E-state index in [1.54, 1.807) is 6.07 Å². The highest BCUT2D eigenvalue weighted by atomic mass is 32.2. The molecule has 0 atom stereocenters. The number of thioether (sulfide) groups is 1. The summed E-state index contributed by atoms with van der Waals surface area (Å²) in [4.78, 5) is 0. The summed E-state index contributed by atoms with van der Waals surface area (Å²) >= 11 is 1.84. The van der Waals surface area contributed by atoms with Crippen LogP contribution in [0.2, 0.25) is 0 Å². The SMILES string of the molecule is CCSCCc1ccccc1F. The molecule has 0 radical (unpaired) electrons. The largest absolute Gasteiger partial charge is 0.207 e. The van der Waals surface area contributed by atoms with Crippen LogP contribution in [-0.2, 0) is 6.42 Å². The molecule has 0 bridgehead atoms. The van der Waals surface area contributed by atoms with Gasteiger partial charge >= 0.3 is 0 Å². The minimum atomic E-state index is -0.0748. The van der Waals surface area contributed by atoms with Gasteiger partial charge in [-0.1, -0.05) is 25.1 Å². The molecule has 2 heteroatoms. The summed E-state index contributed by atoms with van der Waals surface area (Å²) in [7, 11) is 0. The number of rotatable bonds is 4. The second kappa shape index (κ2) is 5.20. The third-order valence-corrected chi connectivity index (χ3v) is 2.58. The van der Waals surface area contributed by atoms with Crippen LogP contribution in [0.25, 0.3) is 0 Å². The fraction of sp³-hybridized carbons (Fsp3) is 0.400. The Hall–Kier alpha value is -0.500. The monoisotopic (exact) mass is 184 g/mol. The van der Waals surface area contributed by atoms with Crippen molar-refractivity contribution >= 4 is 11.8 Å². The van der Waals surface area contributed by atoms with E-state index in [9.17, 15) is 4.39 Å². The molecule has 0 aliphatic carbocycles. The molecule has 1 aromatic rings. The Balaban J connectivity index is 2.46. The first-order valence-corrected chi connectivity index (χ1v) is 5.31. The van der Waals surface area contributed by atoms with E-state index < -0.39 is 0 Å². The highest BCUT2D eigenvalue weighted by Gasteiger charge is 1.98. The first-order valence-electron chi connectivity index (χ1n) is 4.15. The van der Waals surface area contributed by atoms with Crippen molar-refractivity contribution in [2.75, 3.05) is 11.5 Å². The van der Waals surface area contributed by atoms with Crippen molar-refractivity contribution in [2.45, 2.75) is 13.3 Å². The number of halogens is 1. The van der Waals surface area contributed by atoms with Crippen LogP contribution >= 0.6 is 11.8 Å². The third-order valence-electron chi connectivity index (χ3n) is 1.68. The molecule has 0 aliphatic rings. The Kier molecular flexibility index (Phi) is 4.15. The van der Waals surface area contributed by atoms with Crippen LogP contribution in [0.1, 0.15) is 12.5 Å². The van der Waals surface area contributed by atoms with Crippen molar-refractivity contribution < 1.29 is 4.39 Å². The second-order valence-electron chi connectivity index (χ2n) is 2.54. The van der Waals surface area contributed by atoms with E-state index in [4.69, 9.17) is 0 Å². The van der Waals surface area contributed by atoms with Gasteiger partial charge in [0.2, 0.25) is 0 Å². The second-order valence-corrected chi connectivity index (χ2v) is 3.93. The van der Waals surface area contributed by atoms with Crippen LogP contribution in [0.4, 0.5) is 4.39 Å². The number of aryl methyl sites for hydroxylation is 1. The molecule has 0 saturated heterocycles. The van der Waals surface area contributed by atoms with Gasteiger partial charge in [-0.15, -0.1) is 0 Å². The van der Waals surface area contributed by atoms with Gasteiger partial charge < -0.3 is 0 Å². The lowest BCUT2D eigenvalue weighted by Gasteiger charge is -2.00. The average Bonchev–Trinajstić information content (AvgIpc) is 2.09. The standard InChI is InChI=1S/C10H13FS/c1-2-12-8-7-9-5-3-4-6-10(9)11/h3-6H,2,7-8H2,1H3. The molecule has 0 N–H and O–H groups in total. The van der Waals surface area contributed by atoms with E-state index in [0.717, 1.165) is 23.5 Å².